The molecular formula is C14H19N3O4S2. The number of fused-ring (bicyclic) bond motifs is 1. The topological polar surface area (TPSA) is 99.5 Å². The van der Waals surface area contributed by atoms with Gasteiger partial charge in [-0.05, 0) is 32.8 Å². The molecule has 0 bridgehead atoms. The summed E-state index contributed by atoms with van der Waals surface area (Å²) in [4.78, 5) is 14.5. The molecule has 0 unspecified atom stereocenters. The molecule has 0 aromatic carbocycles. The van der Waals surface area contributed by atoms with Crippen LogP contribution in [0.3, 0.4) is 0 Å². The van der Waals surface area contributed by atoms with Crippen molar-refractivity contribution in [2.75, 3.05) is 17.5 Å². The van der Waals surface area contributed by atoms with Gasteiger partial charge in [0.2, 0.25) is 10.0 Å². The lowest BCUT2D eigenvalue weighted by Gasteiger charge is -2.29. The third-order valence-electron chi connectivity index (χ3n) is 3.10. The molecule has 0 saturated heterocycles. The molecule has 2 rings (SSSR count). The molecule has 1 amide bonds. The number of nitriles is 1. The molecule has 0 spiro atoms. The van der Waals surface area contributed by atoms with Crippen LogP contribution in [-0.2, 0) is 27.7 Å². The Kier molecular flexibility index (Phi) is 4.59. The van der Waals surface area contributed by atoms with Crippen LogP contribution in [0.4, 0.5) is 9.80 Å². The minimum Gasteiger partial charge on any atom is -0.444 e. The molecule has 0 radical (unpaired) electrons. The number of carbonyl (C=O) groups is 1. The van der Waals surface area contributed by atoms with Gasteiger partial charge in [0, 0.05) is 11.4 Å². The summed E-state index contributed by atoms with van der Waals surface area (Å²) >= 11 is 1.19. The zero-order chi connectivity index (χ0) is 17.4. The summed E-state index contributed by atoms with van der Waals surface area (Å²) < 4.78 is 30.6. The first kappa shape index (κ1) is 17.6. The molecule has 0 aliphatic carbocycles. The van der Waals surface area contributed by atoms with Gasteiger partial charge < -0.3 is 9.64 Å². The van der Waals surface area contributed by atoms with Crippen LogP contribution in [0.1, 0.15) is 36.8 Å². The molecule has 9 heteroatoms. The Labute approximate surface area is 139 Å². The highest BCUT2D eigenvalue weighted by molar-refractivity contribution is 7.92. The Balaban J connectivity index is 2.25. The maximum Gasteiger partial charge on any atom is 0.410 e. The molecule has 126 valence electrons. The summed E-state index contributed by atoms with van der Waals surface area (Å²) in [5.74, 6) is 0. The number of rotatable bonds is 2. The van der Waals surface area contributed by atoms with E-state index >= 15 is 0 Å². The average molecular weight is 357 g/mol. The summed E-state index contributed by atoms with van der Waals surface area (Å²) in [6, 6.07) is 2.06. The van der Waals surface area contributed by atoms with E-state index in [2.05, 4.69) is 10.8 Å². The van der Waals surface area contributed by atoms with Crippen molar-refractivity contribution < 1.29 is 17.9 Å². The lowest BCUT2D eigenvalue weighted by atomic mass is 10.0. The molecule has 7 nitrogen and oxygen atoms in total. The summed E-state index contributed by atoms with van der Waals surface area (Å²) in [7, 11) is -3.46. The Bertz CT molecular complexity index is 769. The Hall–Kier alpha value is -1.79. The van der Waals surface area contributed by atoms with E-state index in [1.807, 2.05) is 0 Å². The van der Waals surface area contributed by atoms with E-state index in [9.17, 15) is 18.5 Å². The van der Waals surface area contributed by atoms with Gasteiger partial charge in [0.25, 0.3) is 0 Å². The minimum atomic E-state index is -3.46. The highest BCUT2D eigenvalue weighted by Gasteiger charge is 2.30. The number of ether oxygens (including phenoxy) is 1. The average Bonchev–Trinajstić information content (AvgIpc) is 2.70. The molecule has 1 aromatic heterocycles. The molecule has 0 fully saturated rings. The second-order valence-electron chi connectivity index (χ2n) is 6.35. The van der Waals surface area contributed by atoms with Gasteiger partial charge in [0.1, 0.15) is 16.7 Å². The van der Waals surface area contributed by atoms with E-state index in [4.69, 9.17) is 4.74 Å². The molecule has 1 aliphatic rings. The maximum atomic E-state index is 12.1. The molecule has 1 aliphatic heterocycles. The minimum absolute atomic E-state index is 0.311. The SMILES string of the molecule is CC(C)(C)OC(=O)N1CCc2c(sc(NS(C)(=O)=O)c2C#N)C1. The van der Waals surface area contributed by atoms with Gasteiger partial charge >= 0.3 is 6.09 Å². The van der Waals surface area contributed by atoms with Gasteiger partial charge in [-0.25, -0.2) is 13.2 Å². The second kappa shape index (κ2) is 6.02. The lowest BCUT2D eigenvalue weighted by molar-refractivity contribution is 0.0226. The monoisotopic (exact) mass is 357 g/mol. The molecule has 0 atom stereocenters. The number of anilines is 1. The molecule has 0 saturated carbocycles. The van der Waals surface area contributed by atoms with Crippen LogP contribution in [0.15, 0.2) is 0 Å². The van der Waals surface area contributed by atoms with Crippen LogP contribution in [0.5, 0.6) is 0 Å². The van der Waals surface area contributed by atoms with Crippen LogP contribution >= 0.6 is 11.3 Å². The van der Waals surface area contributed by atoms with Crippen molar-refractivity contribution in [2.24, 2.45) is 0 Å². The Morgan fingerprint density at radius 1 is 1.43 bits per heavy atom. The third kappa shape index (κ3) is 4.36. The number of thiophene rings is 1. The van der Waals surface area contributed by atoms with Crippen LogP contribution in [0.25, 0.3) is 0 Å². The summed E-state index contributed by atoms with van der Waals surface area (Å²) in [6.07, 6.45) is 1.13. The normalized spacial score (nSPS) is 14.8. The first-order chi connectivity index (χ1) is 10.5. The number of hydrogen-bond acceptors (Lipinski definition) is 6. The highest BCUT2D eigenvalue weighted by atomic mass is 32.2. The number of hydrogen-bond donors (Lipinski definition) is 1. The molecule has 23 heavy (non-hydrogen) atoms. The molecule has 2 heterocycles. The van der Waals surface area contributed by atoms with E-state index in [1.165, 1.54) is 11.3 Å². The second-order valence-corrected chi connectivity index (χ2v) is 9.20. The van der Waals surface area contributed by atoms with E-state index in [-0.39, 0.29) is 0 Å². The lowest BCUT2D eigenvalue weighted by Crippen LogP contribution is -2.39. The zero-order valence-corrected chi connectivity index (χ0v) is 15.1. The zero-order valence-electron chi connectivity index (χ0n) is 13.5. The van der Waals surface area contributed by atoms with Gasteiger partial charge in [0.15, 0.2) is 0 Å². The number of sulfonamides is 1. The van der Waals surface area contributed by atoms with Crippen molar-refractivity contribution in [3.63, 3.8) is 0 Å². The van der Waals surface area contributed by atoms with Gasteiger partial charge in [-0.1, -0.05) is 0 Å². The summed E-state index contributed by atoms with van der Waals surface area (Å²) in [6.45, 7) is 6.15. The first-order valence-corrected chi connectivity index (χ1v) is 9.71. The maximum absolute atomic E-state index is 12.1. The standard InChI is InChI=1S/C14H19N3O4S2/c1-14(2,3)21-13(18)17-6-5-9-10(7-15)12(16-23(4,19)20)22-11(9)8-17/h16H,5-6,8H2,1-4H3. The summed E-state index contributed by atoms with van der Waals surface area (Å²) in [5, 5.41) is 9.62. The number of amides is 1. The van der Waals surface area contributed by atoms with Crippen molar-refractivity contribution in [1.82, 2.24) is 4.90 Å². The number of carbonyl (C=O) groups excluding carboxylic acids is 1. The van der Waals surface area contributed by atoms with E-state index in [1.54, 1.807) is 25.7 Å². The van der Waals surface area contributed by atoms with Gasteiger partial charge in [-0.2, -0.15) is 5.26 Å². The highest BCUT2D eigenvalue weighted by Crippen LogP contribution is 2.37. The van der Waals surface area contributed by atoms with Crippen molar-refractivity contribution in [1.29, 1.82) is 5.26 Å². The van der Waals surface area contributed by atoms with Crippen LogP contribution in [0.2, 0.25) is 0 Å². The smallest absolute Gasteiger partial charge is 0.410 e. The van der Waals surface area contributed by atoms with Crippen molar-refractivity contribution >= 4 is 32.5 Å². The Morgan fingerprint density at radius 2 is 2.09 bits per heavy atom. The molecule has 1 N–H and O–H groups in total. The number of nitrogens with zero attached hydrogens (tertiary/aromatic N) is 2. The fourth-order valence-corrected chi connectivity index (χ4v) is 4.37. The predicted octanol–water partition coefficient (Wildman–Crippen LogP) is 2.28. The van der Waals surface area contributed by atoms with Gasteiger partial charge in [0.05, 0.1) is 18.4 Å². The van der Waals surface area contributed by atoms with Gasteiger partial charge in [-0.3, -0.25) is 4.72 Å². The van der Waals surface area contributed by atoms with Crippen LogP contribution < -0.4 is 4.72 Å². The van der Waals surface area contributed by atoms with Crippen molar-refractivity contribution in [2.45, 2.75) is 39.3 Å². The largest absolute Gasteiger partial charge is 0.444 e. The molecule has 1 aromatic rings. The van der Waals surface area contributed by atoms with E-state index in [0.717, 1.165) is 16.7 Å². The van der Waals surface area contributed by atoms with Crippen molar-refractivity contribution in [3.05, 3.63) is 16.0 Å². The quantitative estimate of drug-likeness (QED) is 0.875. The van der Waals surface area contributed by atoms with Crippen molar-refractivity contribution in [3.8, 4) is 6.07 Å². The molecular weight excluding hydrogens is 338 g/mol. The fraction of sp³-hybridized carbons (Fsp3) is 0.571. The van der Waals surface area contributed by atoms with Crippen LogP contribution in [-0.4, -0.2) is 37.8 Å². The van der Waals surface area contributed by atoms with Crippen LogP contribution in [0, 0.1) is 11.3 Å². The van der Waals surface area contributed by atoms with Gasteiger partial charge in [-0.15, -0.1) is 11.3 Å². The predicted molar refractivity (Wildman–Crippen MR) is 87.8 cm³/mol. The van der Waals surface area contributed by atoms with E-state index < -0.39 is 21.7 Å². The Morgan fingerprint density at radius 3 is 2.61 bits per heavy atom. The first-order valence-electron chi connectivity index (χ1n) is 7.00. The summed E-state index contributed by atoms with van der Waals surface area (Å²) in [5.41, 5.74) is 0.580. The third-order valence-corrected chi connectivity index (χ3v) is 4.93. The number of nitrogens with one attached hydrogen (secondary N) is 1. The van der Waals surface area contributed by atoms with E-state index in [0.29, 0.717) is 30.1 Å². The fourth-order valence-electron chi connectivity index (χ4n) is 2.24.